The zero-order valence-corrected chi connectivity index (χ0v) is 18.7. The molecule has 1 N–H and O–H groups in total. The topological polar surface area (TPSA) is 75.7 Å². The van der Waals surface area contributed by atoms with E-state index >= 15 is 0 Å². The predicted octanol–water partition coefficient (Wildman–Crippen LogP) is 5.58. The quantitative estimate of drug-likeness (QED) is 0.462. The minimum atomic E-state index is -0.875. The van der Waals surface area contributed by atoms with Gasteiger partial charge in [0.05, 0.1) is 11.1 Å². The summed E-state index contributed by atoms with van der Waals surface area (Å²) in [6.45, 7) is 3.98. The van der Waals surface area contributed by atoms with E-state index < -0.39 is 17.9 Å². The molecular weight excluding hydrogens is 416 g/mol. The van der Waals surface area contributed by atoms with Gasteiger partial charge in [-0.05, 0) is 61.4 Å². The van der Waals surface area contributed by atoms with Crippen LogP contribution in [0.3, 0.4) is 0 Å². The van der Waals surface area contributed by atoms with Crippen LogP contribution in [0.5, 0.6) is 11.5 Å². The molecule has 1 aliphatic heterocycles. The van der Waals surface area contributed by atoms with Crippen molar-refractivity contribution in [3.05, 3.63) is 89.5 Å². The standard InChI is InChI=1S/C27H26N2O4/c1-3-4-12-23(29-26(31)21-10-6-7-11-22(21)27(29)32)25(30)28-19-14-16-20(17-15-19)33-24-13-8-5-9-18(24)2/h5-11,13-17,23H,3-4,12H2,1-2H3,(H,28,30). The number of unbranched alkanes of at least 4 members (excludes halogenated alkanes) is 1. The molecule has 3 amide bonds. The van der Waals surface area contributed by atoms with Gasteiger partial charge in [-0.3, -0.25) is 19.3 Å². The molecule has 3 aromatic carbocycles. The van der Waals surface area contributed by atoms with Gasteiger partial charge in [-0.25, -0.2) is 0 Å². The lowest BCUT2D eigenvalue weighted by atomic mass is 10.1. The Balaban J connectivity index is 1.49. The summed E-state index contributed by atoms with van der Waals surface area (Å²) in [5.74, 6) is 0.179. The number of nitrogens with zero attached hydrogens (tertiary/aromatic N) is 1. The molecule has 0 aromatic heterocycles. The molecule has 0 bridgehead atoms. The Kier molecular flexibility index (Phi) is 6.54. The SMILES string of the molecule is CCCCC(C(=O)Nc1ccc(Oc2ccccc2C)cc1)N1C(=O)c2ccccc2C1=O. The molecule has 1 heterocycles. The second kappa shape index (κ2) is 9.69. The molecule has 0 saturated carbocycles. The van der Waals surface area contributed by atoms with E-state index in [-0.39, 0.29) is 5.91 Å². The van der Waals surface area contributed by atoms with E-state index in [1.165, 1.54) is 0 Å². The number of aryl methyl sites for hydroxylation is 1. The molecule has 4 rings (SSSR count). The fourth-order valence-electron chi connectivity index (χ4n) is 3.90. The average Bonchev–Trinajstić information content (AvgIpc) is 3.07. The van der Waals surface area contributed by atoms with Crippen molar-refractivity contribution in [2.24, 2.45) is 0 Å². The summed E-state index contributed by atoms with van der Waals surface area (Å²) in [6.07, 6.45) is 1.97. The number of amides is 3. The first-order valence-corrected chi connectivity index (χ1v) is 11.1. The van der Waals surface area contributed by atoms with Crippen LogP contribution >= 0.6 is 0 Å². The fraction of sp³-hybridized carbons (Fsp3) is 0.222. The summed E-state index contributed by atoms with van der Waals surface area (Å²) in [4.78, 5) is 40.1. The highest BCUT2D eigenvalue weighted by Crippen LogP contribution is 2.28. The van der Waals surface area contributed by atoms with E-state index in [1.54, 1.807) is 48.5 Å². The Labute approximate surface area is 193 Å². The van der Waals surface area contributed by atoms with Gasteiger partial charge in [-0.1, -0.05) is 50.1 Å². The Bertz CT molecular complexity index is 1150. The molecule has 3 aromatic rings. The Hall–Kier alpha value is -3.93. The fourth-order valence-corrected chi connectivity index (χ4v) is 3.90. The Morgan fingerprint density at radius 2 is 1.52 bits per heavy atom. The third kappa shape index (κ3) is 4.65. The zero-order valence-electron chi connectivity index (χ0n) is 18.7. The van der Waals surface area contributed by atoms with Gasteiger partial charge in [0.25, 0.3) is 11.8 Å². The first kappa shape index (κ1) is 22.3. The number of hydrogen-bond donors (Lipinski definition) is 1. The predicted molar refractivity (Wildman–Crippen MR) is 127 cm³/mol. The summed E-state index contributed by atoms with van der Waals surface area (Å²) in [5.41, 5.74) is 2.27. The van der Waals surface area contributed by atoms with E-state index in [4.69, 9.17) is 4.74 Å². The molecular formula is C27H26N2O4. The lowest BCUT2D eigenvalue weighted by Crippen LogP contribution is -2.47. The molecule has 1 aliphatic rings. The second-order valence-corrected chi connectivity index (χ2v) is 8.07. The normalized spacial score (nSPS) is 13.6. The second-order valence-electron chi connectivity index (χ2n) is 8.07. The van der Waals surface area contributed by atoms with Gasteiger partial charge < -0.3 is 10.1 Å². The van der Waals surface area contributed by atoms with Crippen LogP contribution < -0.4 is 10.1 Å². The smallest absolute Gasteiger partial charge is 0.262 e. The number of hydrogen-bond acceptors (Lipinski definition) is 4. The van der Waals surface area contributed by atoms with Crippen LogP contribution in [-0.2, 0) is 4.79 Å². The van der Waals surface area contributed by atoms with Gasteiger partial charge in [0.2, 0.25) is 5.91 Å². The molecule has 1 unspecified atom stereocenters. The molecule has 0 fully saturated rings. The average molecular weight is 443 g/mol. The highest BCUT2D eigenvalue weighted by atomic mass is 16.5. The monoisotopic (exact) mass is 442 g/mol. The van der Waals surface area contributed by atoms with Gasteiger partial charge in [0.15, 0.2) is 0 Å². The number of para-hydroxylation sites is 1. The van der Waals surface area contributed by atoms with Crippen molar-refractivity contribution in [1.82, 2.24) is 4.90 Å². The molecule has 33 heavy (non-hydrogen) atoms. The minimum Gasteiger partial charge on any atom is -0.457 e. The first-order chi connectivity index (χ1) is 16.0. The van der Waals surface area contributed by atoms with Crippen molar-refractivity contribution in [2.75, 3.05) is 5.32 Å². The van der Waals surface area contributed by atoms with Crippen LogP contribution in [0.4, 0.5) is 5.69 Å². The maximum Gasteiger partial charge on any atom is 0.262 e. The first-order valence-electron chi connectivity index (χ1n) is 11.1. The molecule has 6 nitrogen and oxygen atoms in total. The van der Waals surface area contributed by atoms with E-state index in [0.29, 0.717) is 35.4 Å². The number of carbonyl (C=O) groups is 3. The number of carbonyl (C=O) groups excluding carboxylic acids is 3. The lowest BCUT2D eigenvalue weighted by molar-refractivity contribution is -0.120. The third-order valence-corrected chi connectivity index (χ3v) is 5.71. The zero-order chi connectivity index (χ0) is 23.4. The van der Waals surface area contributed by atoms with E-state index in [9.17, 15) is 14.4 Å². The summed E-state index contributed by atoms with van der Waals surface area (Å²) in [6, 6.07) is 20.5. The number of fused-ring (bicyclic) bond motifs is 1. The molecule has 0 aliphatic carbocycles. The molecule has 1 atom stereocenters. The molecule has 0 saturated heterocycles. The van der Waals surface area contributed by atoms with Crippen molar-refractivity contribution >= 4 is 23.4 Å². The van der Waals surface area contributed by atoms with Crippen molar-refractivity contribution < 1.29 is 19.1 Å². The third-order valence-electron chi connectivity index (χ3n) is 5.71. The van der Waals surface area contributed by atoms with Crippen molar-refractivity contribution in [1.29, 1.82) is 0 Å². The van der Waals surface area contributed by atoms with Crippen LogP contribution in [0.25, 0.3) is 0 Å². The van der Waals surface area contributed by atoms with Gasteiger partial charge in [-0.15, -0.1) is 0 Å². The lowest BCUT2D eigenvalue weighted by Gasteiger charge is -2.25. The van der Waals surface area contributed by atoms with Crippen LogP contribution in [0.2, 0.25) is 0 Å². The van der Waals surface area contributed by atoms with Crippen LogP contribution in [-0.4, -0.2) is 28.7 Å². The number of imide groups is 1. The van der Waals surface area contributed by atoms with Gasteiger partial charge in [0.1, 0.15) is 17.5 Å². The van der Waals surface area contributed by atoms with Crippen LogP contribution in [0.15, 0.2) is 72.8 Å². The molecule has 6 heteroatoms. The minimum absolute atomic E-state index is 0.342. The van der Waals surface area contributed by atoms with E-state index in [0.717, 1.165) is 22.6 Å². The number of ether oxygens (including phenoxy) is 1. The molecule has 0 spiro atoms. The Morgan fingerprint density at radius 3 is 2.12 bits per heavy atom. The summed E-state index contributed by atoms with van der Waals surface area (Å²) >= 11 is 0. The number of anilines is 1. The summed E-state index contributed by atoms with van der Waals surface area (Å²) < 4.78 is 5.90. The van der Waals surface area contributed by atoms with E-state index in [2.05, 4.69) is 5.32 Å². The largest absolute Gasteiger partial charge is 0.457 e. The van der Waals surface area contributed by atoms with Gasteiger partial charge in [-0.2, -0.15) is 0 Å². The maximum absolute atomic E-state index is 13.2. The molecule has 168 valence electrons. The van der Waals surface area contributed by atoms with Gasteiger partial charge in [0, 0.05) is 5.69 Å². The van der Waals surface area contributed by atoms with Gasteiger partial charge >= 0.3 is 0 Å². The number of rotatable bonds is 8. The van der Waals surface area contributed by atoms with E-state index in [1.807, 2.05) is 38.1 Å². The molecule has 0 radical (unpaired) electrons. The van der Waals surface area contributed by atoms with Crippen LogP contribution in [0, 0.1) is 6.92 Å². The van der Waals surface area contributed by atoms with Crippen molar-refractivity contribution in [3.63, 3.8) is 0 Å². The Morgan fingerprint density at radius 1 is 0.909 bits per heavy atom. The summed E-state index contributed by atoms with van der Waals surface area (Å²) in [7, 11) is 0. The van der Waals surface area contributed by atoms with Crippen molar-refractivity contribution in [3.8, 4) is 11.5 Å². The van der Waals surface area contributed by atoms with Crippen molar-refractivity contribution in [2.45, 2.75) is 39.2 Å². The maximum atomic E-state index is 13.2. The highest BCUT2D eigenvalue weighted by Gasteiger charge is 2.42. The highest BCUT2D eigenvalue weighted by molar-refractivity contribution is 6.23. The summed E-state index contributed by atoms with van der Waals surface area (Å²) in [5, 5.41) is 2.86. The number of nitrogens with one attached hydrogen (secondary N) is 1. The number of benzene rings is 3. The van der Waals surface area contributed by atoms with Crippen LogP contribution in [0.1, 0.15) is 52.5 Å².